The van der Waals surface area contributed by atoms with Crippen molar-refractivity contribution in [2.45, 2.75) is 31.9 Å². The number of aliphatic hydroxyl groups is 1. The van der Waals surface area contributed by atoms with Gasteiger partial charge in [-0.2, -0.15) is 13.2 Å². The predicted octanol–water partition coefficient (Wildman–Crippen LogP) is 3.58. The first-order chi connectivity index (χ1) is 7.45. The van der Waals surface area contributed by atoms with E-state index in [2.05, 4.69) is 0 Å². The second kappa shape index (κ2) is 5.34. The molecule has 0 amide bonds. The fourth-order valence-corrected chi connectivity index (χ4v) is 1.56. The van der Waals surface area contributed by atoms with Crippen LogP contribution in [-0.4, -0.2) is 11.7 Å². The Kier molecular flexibility index (Phi) is 4.35. The summed E-state index contributed by atoms with van der Waals surface area (Å²) in [4.78, 5) is 0. The second-order valence-corrected chi connectivity index (χ2v) is 3.89. The minimum Gasteiger partial charge on any atom is -0.396 e. The highest BCUT2D eigenvalue weighted by molar-refractivity contribution is 5.26. The summed E-state index contributed by atoms with van der Waals surface area (Å²) in [5.74, 6) is 0.175. The Bertz CT molecular complexity index is 316. The van der Waals surface area contributed by atoms with Gasteiger partial charge < -0.3 is 5.11 Å². The van der Waals surface area contributed by atoms with E-state index in [9.17, 15) is 13.2 Å². The molecule has 0 aliphatic rings. The maximum absolute atomic E-state index is 12.3. The van der Waals surface area contributed by atoms with Crippen molar-refractivity contribution in [3.05, 3.63) is 35.4 Å². The summed E-state index contributed by atoms with van der Waals surface area (Å²) in [6.45, 7) is 2.06. The monoisotopic (exact) mass is 232 g/mol. The van der Waals surface area contributed by atoms with Crippen molar-refractivity contribution in [2.75, 3.05) is 6.61 Å². The topological polar surface area (TPSA) is 20.2 Å². The average molecular weight is 232 g/mol. The molecule has 0 saturated carbocycles. The molecule has 0 aliphatic heterocycles. The minimum absolute atomic E-state index is 0.116. The third-order valence-corrected chi connectivity index (χ3v) is 2.60. The lowest BCUT2D eigenvalue weighted by Gasteiger charge is -2.12. The number of hydrogen-bond donors (Lipinski definition) is 1. The molecule has 0 aromatic heterocycles. The molecule has 0 fully saturated rings. The molecule has 0 bridgehead atoms. The second-order valence-electron chi connectivity index (χ2n) is 3.89. The van der Waals surface area contributed by atoms with Crippen molar-refractivity contribution in [3.8, 4) is 0 Å². The first-order valence-corrected chi connectivity index (χ1v) is 5.23. The summed E-state index contributed by atoms with van der Waals surface area (Å²) >= 11 is 0. The Morgan fingerprint density at radius 2 is 1.75 bits per heavy atom. The first-order valence-electron chi connectivity index (χ1n) is 5.23. The lowest BCUT2D eigenvalue weighted by Crippen LogP contribution is -2.05. The predicted molar refractivity (Wildman–Crippen MR) is 56.2 cm³/mol. The van der Waals surface area contributed by atoms with E-state index in [-0.39, 0.29) is 12.5 Å². The Labute approximate surface area is 92.9 Å². The smallest absolute Gasteiger partial charge is 0.396 e. The third kappa shape index (κ3) is 3.52. The summed E-state index contributed by atoms with van der Waals surface area (Å²) in [6.07, 6.45) is -2.82. The number of benzene rings is 1. The highest BCUT2D eigenvalue weighted by Gasteiger charge is 2.30. The molecule has 0 radical (unpaired) electrons. The van der Waals surface area contributed by atoms with Gasteiger partial charge in [-0.15, -0.1) is 0 Å². The first kappa shape index (κ1) is 13.0. The van der Waals surface area contributed by atoms with Crippen LogP contribution in [0.25, 0.3) is 0 Å². The summed E-state index contributed by atoms with van der Waals surface area (Å²) < 4.78 is 36.9. The largest absolute Gasteiger partial charge is 0.416 e. The number of aliphatic hydroxyl groups excluding tert-OH is 1. The fraction of sp³-hybridized carbons (Fsp3) is 0.500. The van der Waals surface area contributed by atoms with Crippen molar-refractivity contribution in [2.24, 2.45) is 0 Å². The Morgan fingerprint density at radius 3 is 2.19 bits per heavy atom. The van der Waals surface area contributed by atoms with Gasteiger partial charge in [-0.25, -0.2) is 0 Å². The van der Waals surface area contributed by atoms with Crippen LogP contribution in [0.4, 0.5) is 13.2 Å². The molecule has 16 heavy (non-hydrogen) atoms. The standard InChI is InChI=1S/C12H15F3O/c1-9(3-2-8-16)10-4-6-11(7-5-10)12(13,14)15/h4-7,9,16H,2-3,8H2,1H3. The Morgan fingerprint density at radius 1 is 1.19 bits per heavy atom. The molecule has 1 rings (SSSR count). The van der Waals surface area contributed by atoms with E-state index < -0.39 is 11.7 Å². The van der Waals surface area contributed by atoms with Gasteiger partial charge in [0, 0.05) is 6.61 Å². The zero-order valence-electron chi connectivity index (χ0n) is 9.09. The molecule has 1 aromatic carbocycles. The van der Waals surface area contributed by atoms with E-state index in [1.807, 2.05) is 6.92 Å². The van der Waals surface area contributed by atoms with Crippen LogP contribution in [0, 0.1) is 0 Å². The van der Waals surface area contributed by atoms with Gasteiger partial charge in [0.1, 0.15) is 0 Å². The number of alkyl halides is 3. The maximum Gasteiger partial charge on any atom is 0.416 e. The Hall–Kier alpha value is -1.03. The molecule has 4 heteroatoms. The minimum atomic E-state index is -4.27. The summed E-state index contributed by atoms with van der Waals surface area (Å²) in [6, 6.07) is 5.21. The van der Waals surface area contributed by atoms with Crippen LogP contribution in [0.1, 0.15) is 36.8 Å². The quantitative estimate of drug-likeness (QED) is 0.841. The van der Waals surface area contributed by atoms with Crippen molar-refractivity contribution in [1.82, 2.24) is 0 Å². The van der Waals surface area contributed by atoms with E-state index in [4.69, 9.17) is 5.11 Å². The molecule has 1 unspecified atom stereocenters. The molecule has 0 saturated heterocycles. The highest BCUT2D eigenvalue weighted by Crippen LogP contribution is 2.30. The summed E-state index contributed by atoms with van der Waals surface area (Å²) in [5.41, 5.74) is 0.257. The molecule has 90 valence electrons. The Balaban J connectivity index is 2.71. The van der Waals surface area contributed by atoms with E-state index in [1.54, 1.807) is 0 Å². The number of hydrogen-bond acceptors (Lipinski definition) is 1. The van der Waals surface area contributed by atoms with Crippen LogP contribution in [0.2, 0.25) is 0 Å². The average Bonchev–Trinajstić information content (AvgIpc) is 2.25. The van der Waals surface area contributed by atoms with Gasteiger partial charge >= 0.3 is 6.18 Å². The number of halogens is 3. The van der Waals surface area contributed by atoms with Crippen LogP contribution < -0.4 is 0 Å². The molecule has 0 spiro atoms. The van der Waals surface area contributed by atoms with E-state index in [0.29, 0.717) is 6.42 Å². The van der Waals surface area contributed by atoms with E-state index in [1.165, 1.54) is 12.1 Å². The summed E-state index contributed by atoms with van der Waals surface area (Å²) in [7, 11) is 0. The van der Waals surface area contributed by atoms with Gasteiger partial charge in [-0.1, -0.05) is 19.1 Å². The van der Waals surface area contributed by atoms with Gasteiger partial charge in [-0.05, 0) is 36.5 Å². The van der Waals surface area contributed by atoms with E-state index >= 15 is 0 Å². The normalized spacial score (nSPS) is 13.8. The summed E-state index contributed by atoms with van der Waals surface area (Å²) in [5, 5.41) is 8.66. The molecule has 0 heterocycles. The number of rotatable bonds is 4. The molecule has 1 atom stereocenters. The molecule has 1 aromatic rings. The molecule has 1 N–H and O–H groups in total. The van der Waals surface area contributed by atoms with Crippen LogP contribution in [0.3, 0.4) is 0 Å². The van der Waals surface area contributed by atoms with Gasteiger partial charge in [0.2, 0.25) is 0 Å². The van der Waals surface area contributed by atoms with Gasteiger partial charge in [0.15, 0.2) is 0 Å². The third-order valence-electron chi connectivity index (χ3n) is 2.60. The molecular formula is C12H15F3O. The van der Waals surface area contributed by atoms with Crippen LogP contribution >= 0.6 is 0 Å². The fourth-order valence-electron chi connectivity index (χ4n) is 1.56. The van der Waals surface area contributed by atoms with E-state index in [0.717, 1.165) is 24.1 Å². The van der Waals surface area contributed by atoms with Gasteiger partial charge in [-0.3, -0.25) is 0 Å². The zero-order chi connectivity index (χ0) is 12.2. The van der Waals surface area contributed by atoms with Crippen LogP contribution in [0.5, 0.6) is 0 Å². The van der Waals surface area contributed by atoms with Crippen molar-refractivity contribution >= 4 is 0 Å². The van der Waals surface area contributed by atoms with Gasteiger partial charge in [0.05, 0.1) is 5.56 Å². The lowest BCUT2D eigenvalue weighted by molar-refractivity contribution is -0.137. The molecule has 0 aliphatic carbocycles. The highest BCUT2D eigenvalue weighted by atomic mass is 19.4. The van der Waals surface area contributed by atoms with Crippen LogP contribution in [0.15, 0.2) is 24.3 Å². The lowest BCUT2D eigenvalue weighted by atomic mass is 9.95. The van der Waals surface area contributed by atoms with Crippen molar-refractivity contribution in [1.29, 1.82) is 0 Å². The van der Waals surface area contributed by atoms with Crippen LogP contribution in [-0.2, 0) is 6.18 Å². The zero-order valence-corrected chi connectivity index (χ0v) is 9.09. The maximum atomic E-state index is 12.3. The SMILES string of the molecule is CC(CCCO)c1ccc(C(F)(F)F)cc1. The van der Waals surface area contributed by atoms with Crippen molar-refractivity contribution < 1.29 is 18.3 Å². The van der Waals surface area contributed by atoms with Gasteiger partial charge in [0.25, 0.3) is 0 Å². The van der Waals surface area contributed by atoms with Crippen molar-refractivity contribution in [3.63, 3.8) is 0 Å². The molecule has 1 nitrogen and oxygen atoms in total. The molecular weight excluding hydrogens is 217 g/mol.